The first-order chi connectivity index (χ1) is 16.5. The molecule has 4 rings (SSSR count). The molecule has 1 fully saturated rings. The lowest BCUT2D eigenvalue weighted by Gasteiger charge is -2.44. The number of amides is 1. The van der Waals surface area contributed by atoms with Crippen LogP contribution in [0.25, 0.3) is 10.8 Å². The molecule has 0 aromatic heterocycles. The van der Waals surface area contributed by atoms with E-state index in [1.165, 1.54) is 24.3 Å². The second kappa shape index (κ2) is 9.80. The summed E-state index contributed by atoms with van der Waals surface area (Å²) in [5.74, 6) is -0.366. The minimum atomic E-state index is -4.47. The number of fused-ring (bicyclic) bond motifs is 1. The summed E-state index contributed by atoms with van der Waals surface area (Å²) < 4.78 is 51.9. The van der Waals surface area contributed by atoms with Gasteiger partial charge in [0, 0.05) is 48.9 Å². The van der Waals surface area contributed by atoms with Crippen molar-refractivity contribution in [1.29, 1.82) is 0 Å². The molecule has 1 aliphatic heterocycles. The predicted octanol–water partition coefficient (Wildman–Crippen LogP) is 3.31. The maximum absolute atomic E-state index is 13.2. The molecule has 2 atom stereocenters. The van der Waals surface area contributed by atoms with Gasteiger partial charge in [-0.25, -0.2) is 4.39 Å². The van der Waals surface area contributed by atoms with E-state index < -0.39 is 10.1 Å². The van der Waals surface area contributed by atoms with E-state index >= 15 is 0 Å². The maximum atomic E-state index is 13.2. The zero-order valence-corrected chi connectivity index (χ0v) is 20.3. The minimum absolute atomic E-state index is 0.0729. The van der Waals surface area contributed by atoms with Gasteiger partial charge in [-0.1, -0.05) is 18.2 Å². The molecular formula is C25H28FN3O5S. The number of nitrogens with zero attached hydrogens (tertiary/aromatic N) is 2. The van der Waals surface area contributed by atoms with Gasteiger partial charge in [0.05, 0.1) is 4.90 Å². The van der Waals surface area contributed by atoms with E-state index in [4.69, 9.17) is 10.5 Å². The Bertz CT molecular complexity index is 1350. The first kappa shape index (κ1) is 24.9. The van der Waals surface area contributed by atoms with Crippen molar-refractivity contribution in [3.8, 4) is 5.75 Å². The number of rotatable bonds is 6. The van der Waals surface area contributed by atoms with Crippen molar-refractivity contribution in [2.24, 2.45) is 0 Å². The molecule has 0 saturated carbocycles. The topological polar surface area (TPSA) is 113 Å². The summed E-state index contributed by atoms with van der Waals surface area (Å²) in [7, 11) is -4.47. The molecule has 0 aliphatic carbocycles. The summed E-state index contributed by atoms with van der Waals surface area (Å²) in [6, 6.07) is 13.8. The highest BCUT2D eigenvalue weighted by molar-refractivity contribution is 7.85. The van der Waals surface area contributed by atoms with Crippen molar-refractivity contribution in [2.75, 3.05) is 25.4 Å². The van der Waals surface area contributed by atoms with Gasteiger partial charge in [0.25, 0.3) is 16.0 Å². The van der Waals surface area contributed by atoms with Gasteiger partial charge in [0.2, 0.25) is 0 Å². The lowest BCUT2D eigenvalue weighted by molar-refractivity contribution is -0.139. The first-order valence-electron chi connectivity index (χ1n) is 11.2. The predicted molar refractivity (Wildman–Crippen MR) is 131 cm³/mol. The van der Waals surface area contributed by atoms with Crippen LogP contribution in [0.15, 0.2) is 59.5 Å². The summed E-state index contributed by atoms with van der Waals surface area (Å²) in [6.45, 7) is 5.47. The fourth-order valence-corrected chi connectivity index (χ4v) is 4.93. The van der Waals surface area contributed by atoms with Gasteiger partial charge in [-0.15, -0.1) is 0 Å². The number of hydrogen-bond acceptors (Lipinski definition) is 6. The van der Waals surface area contributed by atoms with Crippen LogP contribution < -0.4 is 10.5 Å². The van der Waals surface area contributed by atoms with Crippen LogP contribution in [-0.2, 0) is 21.5 Å². The molecule has 10 heteroatoms. The van der Waals surface area contributed by atoms with E-state index in [-0.39, 0.29) is 41.1 Å². The van der Waals surface area contributed by atoms with Crippen molar-refractivity contribution in [2.45, 2.75) is 37.4 Å². The van der Waals surface area contributed by atoms with Crippen LogP contribution in [0.1, 0.15) is 19.4 Å². The number of carbonyl (C=O) groups is 1. The van der Waals surface area contributed by atoms with Crippen LogP contribution in [0.5, 0.6) is 5.75 Å². The molecule has 0 unspecified atom stereocenters. The molecule has 1 aliphatic rings. The summed E-state index contributed by atoms with van der Waals surface area (Å²) in [5, 5.41) is 1.05. The number of halogens is 1. The molecule has 8 nitrogen and oxygen atoms in total. The summed E-state index contributed by atoms with van der Waals surface area (Å²) in [4.78, 5) is 16.7. The van der Waals surface area contributed by atoms with Crippen molar-refractivity contribution >= 4 is 32.5 Å². The van der Waals surface area contributed by atoms with Gasteiger partial charge in [0.1, 0.15) is 11.6 Å². The van der Waals surface area contributed by atoms with Gasteiger partial charge < -0.3 is 15.4 Å². The van der Waals surface area contributed by atoms with Crippen molar-refractivity contribution in [1.82, 2.24) is 9.80 Å². The molecule has 3 N–H and O–H groups in total. The van der Waals surface area contributed by atoms with E-state index in [1.807, 2.05) is 13.8 Å². The fourth-order valence-electron chi connectivity index (χ4n) is 4.40. The van der Waals surface area contributed by atoms with E-state index in [2.05, 4.69) is 4.90 Å². The number of nitrogen functional groups attached to an aromatic ring is 1. The number of piperazine rings is 1. The van der Waals surface area contributed by atoms with Crippen LogP contribution in [0.3, 0.4) is 0 Å². The largest absolute Gasteiger partial charge is 0.483 e. The molecule has 186 valence electrons. The number of ether oxygens (including phenoxy) is 1. The molecule has 0 bridgehead atoms. The van der Waals surface area contributed by atoms with E-state index in [9.17, 15) is 22.2 Å². The number of anilines is 1. The Morgan fingerprint density at radius 2 is 1.80 bits per heavy atom. The lowest BCUT2D eigenvalue weighted by atomic mass is 10.1. The molecule has 0 spiro atoms. The standard InChI is InChI=1S/C25H28FN3O5S/c1-16-13-29(17(2)12-28(16)14-18-3-6-20(26)7-4-18)25(30)15-34-24-11-22(35(31,32)33)9-19-5-8-21(27)10-23(19)24/h3-11,16-17H,12-15,27H2,1-2H3,(H,31,32,33)/t16-,17+/m1/s1. The van der Waals surface area contributed by atoms with E-state index in [0.29, 0.717) is 36.1 Å². The number of nitrogens with two attached hydrogens (primary N) is 1. The van der Waals surface area contributed by atoms with Crippen LogP contribution in [-0.4, -0.2) is 60.5 Å². The molecule has 3 aromatic rings. The Balaban J connectivity index is 1.47. The summed E-state index contributed by atoms with van der Waals surface area (Å²) >= 11 is 0. The van der Waals surface area contributed by atoms with Gasteiger partial charge in [-0.2, -0.15) is 8.42 Å². The summed E-state index contributed by atoms with van der Waals surface area (Å²) in [5.41, 5.74) is 7.33. The highest BCUT2D eigenvalue weighted by atomic mass is 32.2. The molecule has 1 saturated heterocycles. The molecule has 35 heavy (non-hydrogen) atoms. The number of benzene rings is 3. The molecular weight excluding hydrogens is 473 g/mol. The van der Waals surface area contributed by atoms with Crippen molar-refractivity contribution in [3.63, 3.8) is 0 Å². The Morgan fingerprint density at radius 1 is 1.09 bits per heavy atom. The third-order valence-electron chi connectivity index (χ3n) is 6.30. The minimum Gasteiger partial charge on any atom is -0.483 e. The average Bonchev–Trinajstić information content (AvgIpc) is 2.80. The van der Waals surface area contributed by atoms with E-state index in [0.717, 1.165) is 5.56 Å². The zero-order chi connectivity index (χ0) is 25.3. The Kier molecular flexibility index (Phi) is 6.98. The first-order valence-corrected chi connectivity index (χ1v) is 12.7. The highest BCUT2D eigenvalue weighted by Crippen LogP contribution is 2.31. The van der Waals surface area contributed by atoms with E-state index in [1.54, 1.807) is 35.2 Å². The van der Waals surface area contributed by atoms with Crippen LogP contribution in [0, 0.1) is 5.82 Å². The Labute approximate surface area is 203 Å². The second-order valence-corrected chi connectivity index (χ2v) is 10.4. The Hall–Kier alpha value is -3.21. The zero-order valence-electron chi connectivity index (χ0n) is 19.5. The van der Waals surface area contributed by atoms with Crippen LogP contribution in [0.2, 0.25) is 0 Å². The maximum Gasteiger partial charge on any atom is 0.294 e. The fraction of sp³-hybridized carbons (Fsp3) is 0.320. The monoisotopic (exact) mass is 501 g/mol. The molecule has 1 heterocycles. The quantitative estimate of drug-likeness (QED) is 0.394. The SMILES string of the molecule is C[C@@H]1CN(C(=O)COc2cc(S(=O)(=O)O)cc3ccc(N)cc23)[C@@H](C)CN1Cc1ccc(F)cc1. The summed E-state index contributed by atoms with van der Waals surface area (Å²) in [6.07, 6.45) is 0. The molecule has 0 radical (unpaired) electrons. The van der Waals surface area contributed by atoms with Gasteiger partial charge >= 0.3 is 0 Å². The Morgan fingerprint density at radius 3 is 2.49 bits per heavy atom. The number of carbonyl (C=O) groups excluding carboxylic acids is 1. The molecule has 1 amide bonds. The van der Waals surface area contributed by atoms with Crippen molar-refractivity contribution in [3.05, 3.63) is 66.0 Å². The van der Waals surface area contributed by atoms with Crippen LogP contribution in [0.4, 0.5) is 10.1 Å². The second-order valence-electron chi connectivity index (χ2n) is 8.97. The third-order valence-corrected chi connectivity index (χ3v) is 7.13. The van der Waals surface area contributed by atoms with Gasteiger partial charge in [0.15, 0.2) is 6.61 Å². The highest BCUT2D eigenvalue weighted by Gasteiger charge is 2.32. The normalized spacial score (nSPS) is 19.1. The molecule has 3 aromatic carbocycles. The average molecular weight is 502 g/mol. The smallest absolute Gasteiger partial charge is 0.294 e. The van der Waals surface area contributed by atoms with Crippen molar-refractivity contribution < 1.29 is 26.9 Å². The van der Waals surface area contributed by atoms with Crippen LogP contribution >= 0.6 is 0 Å². The van der Waals surface area contributed by atoms with Gasteiger partial charge in [-0.3, -0.25) is 14.2 Å². The number of hydrogen-bond donors (Lipinski definition) is 2. The lowest BCUT2D eigenvalue weighted by Crippen LogP contribution is -2.58. The third kappa shape index (κ3) is 5.72. The van der Waals surface area contributed by atoms with Gasteiger partial charge in [-0.05, 0) is 55.1 Å².